The molecule has 0 aliphatic rings. The Hall–Kier alpha value is -3.09. The molecule has 0 fully saturated rings. The Morgan fingerprint density at radius 1 is 1.18 bits per heavy atom. The summed E-state index contributed by atoms with van der Waals surface area (Å²) < 4.78 is 13.7. The van der Waals surface area contributed by atoms with Crippen molar-refractivity contribution in [2.75, 3.05) is 5.32 Å². The average molecular weight is 297 g/mol. The Bertz CT molecular complexity index is 799. The van der Waals surface area contributed by atoms with E-state index >= 15 is 0 Å². The first-order chi connectivity index (χ1) is 10.6. The first kappa shape index (κ1) is 13.9. The standard InChI is InChI=1S/C15H12FN5O/c1-9-2-7-13(12(16)8-9)17-15(22)11-5-3-10(4-6-11)14-18-20-21-19-14/h2-8H,1H3,(H,17,22)(H,18,19,20,21). The summed E-state index contributed by atoms with van der Waals surface area (Å²) in [6, 6.07) is 11.3. The Morgan fingerprint density at radius 3 is 2.59 bits per heavy atom. The zero-order valence-electron chi connectivity index (χ0n) is 11.7. The number of halogens is 1. The summed E-state index contributed by atoms with van der Waals surface area (Å²) in [7, 11) is 0. The zero-order valence-corrected chi connectivity index (χ0v) is 11.7. The number of H-pyrrole nitrogens is 1. The summed E-state index contributed by atoms with van der Waals surface area (Å²) in [5, 5.41) is 16.1. The minimum atomic E-state index is -0.461. The maximum atomic E-state index is 13.7. The third-order valence-electron chi connectivity index (χ3n) is 3.12. The highest BCUT2D eigenvalue weighted by molar-refractivity contribution is 6.04. The van der Waals surface area contributed by atoms with Gasteiger partial charge in [0.15, 0.2) is 0 Å². The van der Waals surface area contributed by atoms with Gasteiger partial charge in [0.05, 0.1) is 5.69 Å². The highest BCUT2D eigenvalue weighted by atomic mass is 19.1. The number of anilines is 1. The van der Waals surface area contributed by atoms with Gasteiger partial charge in [-0.05, 0) is 42.0 Å². The number of aryl methyl sites for hydroxylation is 1. The van der Waals surface area contributed by atoms with Crippen LogP contribution in [0.25, 0.3) is 11.4 Å². The van der Waals surface area contributed by atoms with Crippen molar-refractivity contribution in [3.05, 3.63) is 59.4 Å². The third-order valence-corrected chi connectivity index (χ3v) is 3.12. The second kappa shape index (κ2) is 5.72. The number of amides is 1. The number of hydrogen-bond acceptors (Lipinski definition) is 4. The number of rotatable bonds is 3. The predicted molar refractivity (Wildman–Crippen MR) is 78.7 cm³/mol. The number of aromatic amines is 1. The summed E-state index contributed by atoms with van der Waals surface area (Å²) in [6.07, 6.45) is 0. The van der Waals surface area contributed by atoms with E-state index in [2.05, 4.69) is 25.9 Å². The van der Waals surface area contributed by atoms with Crippen LogP contribution in [0.2, 0.25) is 0 Å². The molecule has 0 atom stereocenters. The van der Waals surface area contributed by atoms with Gasteiger partial charge in [0.25, 0.3) is 5.91 Å². The highest BCUT2D eigenvalue weighted by Gasteiger charge is 2.10. The van der Waals surface area contributed by atoms with Crippen molar-refractivity contribution in [2.24, 2.45) is 0 Å². The van der Waals surface area contributed by atoms with Crippen LogP contribution in [0.3, 0.4) is 0 Å². The van der Waals surface area contributed by atoms with Crippen molar-refractivity contribution in [2.45, 2.75) is 6.92 Å². The number of tetrazole rings is 1. The molecule has 1 heterocycles. The van der Waals surface area contributed by atoms with Gasteiger partial charge in [0.1, 0.15) is 5.82 Å². The summed E-state index contributed by atoms with van der Waals surface area (Å²) in [5.41, 5.74) is 2.08. The van der Waals surface area contributed by atoms with Gasteiger partial charge in [0, 0.05) is 11.1 Å². The maximum absolute atomic E-state index is 13.7. The fourth-order valence-corrected chi connectivity index (χ4v) is 1.97. The van der Waals surface area contributed by atoms with E-state index in [-0.39, 0.29) is 11.6 Å². The monoisotopic (exact) mass is 297 g/mol. The second-order valence-corrected chi connectivity index (χ2v) is 4.75. The molecule has 110 valence electrons. The molecule has 0 saturated carbocycles. The molecule has 2 aromatic carbocycles. The Labute approximate surface area is 125 Å². The first-order valence-electron chi connectivity index (χ1n) is 6.55. The average Bonchev–Trinajstić information content (AvgIpc) is 3.04. The van der Waals surface area contributed by atoms with Crippen LogP contribution in [0.4, 0.5) is 10.1 Å². The van der Waals surface area contributed by atoms with Gasteiger partial charge in [-0.1, -0.05) is 18.2 Å². The Morgan fingerprint density at radius 2 is 1.95 bits per heavy atom. The molecule has 2 N–H and O–H groups in total. The van der Waals surface area contributed by atoms with Crippen LogP contribution in [-0.2, 0) is 0 Å². The van der Waals surface area contributed by atoms with Gasteiger partial charge >= 0.3 is 0 Å². The van der Waals surface area contributed by atoms with Gasteiger partial charge in [-0.15, -0.1) is 10.2 Å². The largest absolute Gasteiger partial charge is 0.319 e. The number of nitrogens with zero attached hydrogens (tertiary/aromatic N) is 3. The van der Waals surface area contributed by atoms with Crippen molar-refractivity contribution in [3.63, 3.8) is 0 Å². The van der Waals surface area contributed by atoms with E-state index in [9.17, 15) is 9.18 Å². The molecule has 0 bridgehead atoms. The van der Waals surface area contributed by atoms with Crippen LogP contribution in [-0.4, -0.2) is 26.5 Å². The lowest BCUT2D eigenvalue weighted by Crippen LogP contribution is -2.12. The number of aromatic nitrogens is 4. The SMILES string of the molecule is Cc1ccc(NC(=O)c2ccc(-c3nn[nH]n3)cc2)c(F)c1. The van der Waals surface area contributed by atoms with E-state index in [0.29, 0.717) is 11.4 Å². The molecule has 1 aromatic heterocycles. The second-order valence-electron chi connectivity index (χ2n) is 4.75. The molecular formula is C15H12FN5O. The molecule has 3 aromatic rings. The van der Waals surface area contributed by atoms with Gasteiger partial charge in [-0.2, -0.15) is 5.21 Å². The molecule has 0 aliphatic heterocycles. The number of hydrogen-bond donors (Lipinski definition) is 2. The number of nitrogens with one attached hydrogen (secondary N) is 2. The van der Waals surface area contributed by atoms with Gasteiger partial charge in [-0.25, -0.2) is 4.39 Å². The number of benzene rings is 2. The van der Waals surface area contributed by atoms with Gasteiger partial charge < -0.3 is 5.32 Å². The van der Waals surface area contributed by atoms with Gasteiger partial charge in [-0.3, -0.25) is 4.79 Å². The van der Waals surface area contributed by atoms with E-state index in [1.165, 1.54) is 12.1 Å². The topological polar surface area (TPSA) is 83.6 Å². The van der Waals surface area contributed by atoms with Crippen LogP contribution in [0, 0.1) is 12.7 Å². The molecule has 1 amide bonds. The van der Waals surface area contributed by atoms with E-state index < -0.39 is 5.82 Å². The summed E-state index contributed by atoms with van der Waals surface area (Å²) in [6.45, 7) is 1.78. The van der Waals surface area contributed by atoms with Crippen LogP contribution >= 0.6 is 0 Å². The van der Waals surface area contributed by atoms with Crippen molar-refractivity contribution in [1.82, 2.24) is 20.6 Å². The number of carbonyl (C=O) groups excluding carboxylic acids is 1. The first-order valence-corrected chi connectivity index (χ1v) is 6.55. The molecular weight excluding hydrogens is 285 g/mol. The van der Waals surface area contributed by atoms with Crippen molar-refractivity contribution < 1.29 is 9.18 Å². The predicted octanol–water partition coefficient (Wildman–Crippen LogP) is 2.57. The Balaban J connectivity index is 1.77. The molecule has 0 unspecified atom stereocenters. The quantitative estimate of drug-likeness (QED) is 0.778. The molecule has 6 nitrogen and oxygen atoms in total. The van der Waals surface area contributed by atoms with Crippen LogP contribution in [0.1, 0.15) is 15.9 Å². The van der Waals surface area contributed by atoms with E-state index in [1.807, 2.05) is 0 Å². The van der Waals surface area contributed by atoms with Crippen LogP contribution in [0.5, 0.6) is 0 Å². The van der Waals surface area contributed by atoms with Crippen molar-refractivity contribution >= 4 is 11.6 Å². The molecule has 22 heavy (non-hydrogen) atoms. The van der Waals surface area contributed by atoms with E-state index in [4.69, 9.17) is 0 Å². The fraction of sp³-hybridized carbons (Fsp3) is 0.0667. The van der Waals surface area contributed by atoms with Crippen molar-refractivity contribution in [3.8, 4) is 11.4 Å². The lowest BCUT2D eigenvalue weighted by atomic mass is 10.1. The molecule has 7 heteroatoms. The minimum absolute atomic E-state index is 0.151. The summed E-state index contributed by atoms with van der Waals surface area (Å²) >= 11 is 0. The molecule has 0 aliphatic carbocycles. The minimum Gasteiger partial charge on any atom is -0.319 e. The lowest BCUT2D eigenvalue weighted by Gasteiger charge is -2.07. The number of carbonyl (C=O) groups is 1. The molecule has 0 saturated heterocycles. The zero-order chi connectivity index (χ0) is 15.5. The highest BCUT2D eigenvalue weighted by Crippen LogP contribution is 2.18. The lowest BCUT2D eigenvalue weighted by molar-refractivity contribution is 0.102. The van der Waals surface area contributed by atoms with E-state index in [1.54, 1.807) is 37.3 Å². The van der Waals surface area contributed by atoms with Crippen molar-refractivity contribution in [1.29, 1.82) is 0 Å². The fourth-order valence-electron chi connectivity index (χ4n) is 1.97. The van der Waals surface area contributed by atoms with Crippen LogP contribution < -0.4 is 5.32 Å². The summed E-state index contributed by atoms with van der Waals surface area (Å²) in [5.74, 6) is -0.407. The molecule has 0 radical (unpaired) electrons. The Kier molecular flexibility index (Phi) is 3.61. The van der Waals surface area contributed by atoms with Crippen LogP contribution in [0.15, 0.2) is 42.5 Å². The molecule has 0 spiro atoms. The normalized spacial score (nSPS) is 10.5. The van der Waals surface area contributed by atoms with E-state index in [0.717, 1.165) is 11.1 Å². The third kappa shape index (κ3) is 2.83. The smallest absolute Gasteiger partial charge is 0.255 e. The maximum Gasteiger partial charge on any atom is 0.255 e. The summed E-state index contributed by atoms with van der Waals surface area (Å²) in [4.78, 5) is 12.1. The molecule has 3 rings (SSSR count). The van der Waals surface area contributed by atoms with Gasteiger partial charge in [0.2, 0.25) is 5.82 Å².